The molecule has 0 aromatic heterocycles. The first-order valence-electron chi connectivity index (χ1n) is 12.2. The van der Waals surface area contributed by atoms with Crippen molar-refractivity contribution in [2.45, 2.75) is 24.7 Å². The number of alkyl halides is 1. The van der Waals surface area contributed by atoms with Gasteiger partial charge < -0.3 is 19.3 Å². The molecule has 1 N–H and O–H groups in total. The van der Waals surface area contributed by atoms with E-state index >= 15 is 0 Å². The van der Waals surface area contributed by atoms with Crippen LogP contribution in [0.2, 0.25) is 0 Å². The minimum atomic E-state index is -1.99. The predicted molar refractivity (Wildman–Crippen MR) is 139 cm³/mol. The smallest absolute Gasteiger partial charge is 0.338 e. The molecule has 1 aliphatic heterocycles. The minimum absolute atomic E-state index is 0.215. The first-order chi connectivity index (χ1) is 18.5. The van der Waals surface area contributed by atoms with Gasteiger partial charge in [0.1, 0.15) is 12.7 Å². The Labute approximate surface area is 219 Å². The molecule has 1 saturated heterocycles. The number of benzene rings is 4. The van der Waals surface area contributed by atoms with Crippen molar-refractivity contribution < 1.29 is 33.3 Å². The molecular weight excluding hydrogens is 487 g/mol. The van der Waals surface area contributed by atoms with Gasteiger partial charge in [0.25, 0.3) is 0 Å². The van der Waals surface area contributed by atoms with Gasteiger partial charge in [-0.05, 0) is 46.5 Å². The summed E-state index contributed by atoms with van der Waals surface area (Å²) in [7, 11) is 0. The number of carbonyl (C=O) groups excluding carboxylic acids is 2. The van der Waals surface area contributed by atoms with E-state index in [2.05, 4.69) is 0 Å². The van der Waals surface area contributed by atoms with Crippen molar-refractivity contribution in [1.29, 1.82) is 0 Å². The Bertz CT molecular complexity index is 1370. The second-order valence-electron chi connectivity index (χ2n) is 8.86. The third kappa shape index (κ3) is 5.64. The van der Waals surface area contributed by atoms with Crippen LogP contribution in [0, 0.1) is 0 Å². The number of aliphatic hydroxyl groups excluding tert-OH is 1. The summed E-state index contributed by atoms with van der Waals surface area (Å²) in [6, 6.07) is 32.9. The van der Waals surface area contributed by atoms with E-state index in [9.17, 15) is 19.1 Å². The number of rotatable bonds is 7. The first kappa shape index (κ1) is 25.3. The molecule has 38 heavy (non-hydrogen) atoms. The van der Waals surface area contributed by atoms with Crippen LogP contribution in [-0.4, -0.2) is 48.3 Å². The molecule has 0 bridgehead atoms. The Kier molecular flexibility index (Phi) is 7.58. The van der Waals surface area contributed by atoms with Gasteiger partial charge in [-0.15, -0.1) is 0 Å². The topological polar surface area (TPSA) is 82.1 Å². The summed E-state index contributed by atoms with van der Waals surface area (Å²) >= 11 is 0. The molecule has 1 heterocycles. The molecule has 0 radical (unpaired) electrons. The summed E-state index contributed by atoms with van der Waals surface area (Å²) in [4.78, 5) is 25.3. The summed E-state index contributed by atoms with van der Waals surface area (Å²) in [5, 5.41) is 9.88. The lowest BCUT2D eigenvalue weighted by atomic mass is 10.0. The SMILES string of the molecule is O=C(OC[C@H]1OC(O)[C@@H](F)[C@@H]1OC(=O)c1ccc(-c2ccccc2)cc1)c1ccc(-c2ccccc2)cc1. The summed E-state index contributed by atoms with van der Waals surface area (Å²) in [6.07, 6.45) is -6.40. The maximum atomic E-state index is 14.7. The van der Waals surface area contributed by atoms with E-state index in [0.717, 1.165) is 22.3 Å². The van der Waals surface area contributed by atoms with Crippen LogP contribution in [0.3, 0.4) is 0 Å². The van der Waals surface area contributed by atoms with Crippen LogP contribution >= 0.6 is 0 Å². The number of esters is 2. The second-order valence-corrected chi connectivity index (χ2v) is 8.86. The van der Waals surface area contributed by atoms with Gasteiger partial charge in [-0.3, -0.25) is 0 Å². The Morgan fingerprint density at radius 1 is 0.684 bits per heavy atom. The molecule has 5 rings (SSSR count). The molecule has 0 saturated carbocycles. The van der Waals surface area contributed by atoms with Crippen LogP contribution in [0.1, 0.15) is 20.7 Å². The Hall–Kier alpha value is -4.33. The highest BCUT2D eigenvalue weighted by molar-refractivity contribution is 5.91. The monoisotopic (exact) mass is 512 g/mol. The number of carbonyl (C=O) groups is 2. The molecule has 4 aromatic carbocycles. The summed E-state index contributed by atoms with van der Waals surface area (Å²) in [5.41, 5.74) is 4.36. The number of halogens is 1. The zero-order chi connectivity index (χ0) is 26.5. The van der Waals surface area contributed by atoms with Crippen LogP contribution in [0.15, 0.2) is 109 Å². The van der Waals surface area contributed by atoms with Crippen LogP contribution in [0.25, 0.3) is 22.3 Å². The molecule has 1 unspecified atom stereocenters. The van der Waals surface area contributed by atoms with E-state index in [0.29, 0.717) is 5.56 Å². The lowest BCUT2D eigenvalue weighted by Gasteiger charge is -2.19. The lowest BCUT2D eigenvalue weighted by molar-refractivity contribution is -0.122. The maximum Gasteiger partial charge on any atom is 0.338 e. The quantitative estimate of drug-likeness (QED) is 0.331. The van der Waals surface area contributed by atoms with Crippen molar-refractivity contribution in [3.05, 3.63) is 120 Å². The van der Waals surface area contributed by atoms with E-state index in [1.165, 1.54) is 0 Å². The first-order valence-corrected chi connectivity index (χ1v) is 12.2. The number of hydrogen-bond donors (Lipinski definition) is 1. The van der Waals surface area contributed by atoms with E-state index in [1.54, 1.807) is 48.5 Å². The van der Waals surface area contributed by atoms with Gasteiger partial charge >= 0.3 is 11.9 Å². The predicted octanol–water partition coefficient (Wildman–Crippen LogP) is 5.46. The van der Waals surface area contributed by atoms with Gasteiger partial charge in [0.05, 0.1) is 11.1 Å². The molecule has 192 valence electrons. The molecule has 6 nitrogen and oxygen atoms in total. The van der Waals surface area contributed by atoms with Gasteiger partial charge in [0, 0.05) is 0 Å². The Morgan fingerprint density at radius 2 is 1.13 bits per heavy atom. The fourth-order valence-electron chi connectivity index (χ4n) is 4.27. The standard InChI is InChI=1S/C31H25FO6/c32-27-28(38-30(34)25-17-13-23(14-18-25)21-9-5-2-6-10-21)26(37-31(27)35)19-36-29(33)24-15-11-22(12-16-24)20-7-3-1-4-8-20/h1-18,26-28,31,35H,19H2/t26-,27+,28-,31?/m1/s1. The highest BCUT2D eigenvalue weighted by Crippen LogP contribution is 2.28. The van der Waals surface area contributed by atoms with Crippen LogP contribution in [0.5, 0.6) is 0 Å². The van der Waals surface area contributed by atoms with E-state index in [4.69, 9.17) is 14.2 Å². The minimum Gasteiger partial charge on any atom is -0.459 e. The maximum absolute atomic E-state index is 14.7. The van der Waals surface area contributed by atoms with Crippen molar-refractivity contribution in [2.24, 2.45) is 0 Å². The van der Waals surface area contributed by atoms with Crippen molar-refractivity contribution in [2.75, 3.05) is 6.61 Å². The third-order valence-electron chi connectivity index (χ3n) is 6.34. The normalized spacial score (nSPS) is 20.6. The third-order valence-corrected chi connectivity index (χ3v) is 6.34. The second kappa shape index (κ2) is 11.4. The van der Waals surface area contributed by atoms with Gasteiger partial charge in [-0.1, -0.05) is 84.9 Å². The molecule has 4 atom stereocenters. The summed E-state index contributed by atoms with van der Waals surface area (Å²) < 4.78 is 30.5. The largest absolute Gasteiger partial charge is 0.459 e. The molecule has 0 aliphatic carbocycles. The van der Waals surface area contributed by atoms with E-state index < -0.39 is 43.2 Å². The molecule has 0 spiro atoms. The summed E-state index contributed by atoms with van der Waals surface area (Å²) in [5.74, 6) is -1.42. The number of aliphatic hydroxyl groups is 1. The van der Waals surface area contributed by atoms with Crippen molar-refractivity contribution in [3.63, 3.8) is 0 Å². The van der Waals surface area contributed by atoms with Gasteiger partial charge in [-0.2, -0.15) is 0 Å². The average Bonchev–Trinajstić information content (AvgIpc) is 3.24. The summed E-state index contributed by atoms with van der Waals surface area (Å²) in [6.45, 7) is -0.401. The lowest BCUT2D eigenvalue weighted by Crippen LogP contribution is -2.37. The van der Waals surface area contributed by atoms with Crippen molar-refractivity contribution >= 4 is 11.9 Å². The van der Waals surface area contributed by atoms with Gasteiger partial charge in [0.15, 0.2) is 18.6 Å². The molecule has 4 aromatic rings. The van der Waals surface area contributed by atoms with Gasteiger partial charge in [-0.25, -0.2) is 14.0 Å². The van der Waals surface area contributed by atoms with E-state index in [1.807, 2.05) is 60.7 Å². The van der Waals surface area contributed by atoms with Crippen LogP contribution in [-0.2, 0) is 14.2 Å². The fourth-order valence-corrected chi connectivity index (χ4v) is 4.27. The molecule has 1 aliphatic rings. The number of ether oxygens (including phenoxy) is 3. The fraction of sp³-hybridized carbons (Fsp3) is 0.161. The molecule has 0 amide bonds. The molecule has 1 fully saturated rings. The molecular formula is C31H25FO6. The van der Waals surface area contributed by atoms with Crippen LogP contribution < -0.4 is 0 Å². The van der Waals surface area contributed by atoms with Gasteiger partial charge in [0.2, 0.25) is 0 Å². The Morgan fingerprint density at radius 3 is 1.63 bits per heavy atom. The van der Waals surface area contributed by atoms with E-state index in [-0.39, 0.29) is 5.56 Å². The average molecular weight is 513 g/mol. The highest BCUT2D eigenvalue weighted by Gasteiger charge is 2.47. The van der Waals surface area contributed by atoms with Crippen molar-refractivity contribution in [3.8, 4) is 22.3 Å². The molecule has 7 heteroatoms. The van der Waals surface area contributed by atoms with Crippen LogP contribution in [0.4, 0.5) is 4.39 Å². The highest BCUT2D eigenvalue weighted by atomic mass is 19.1. The van der Waals surface area contributed by atoms with Crippen molar-refractivity contribution in [1.82, 2.24) is 0 Å². The number of hydrogen-bond acceptors (Lipinski definition) is 6. The zero-order valence-corrected chi connectivity index (χ0v) is 20.3. The Balaban J connectivity index is 1.20. The zero-order valence-electron chi connectivity index (χ0n) is 20.3.